The van der Waals surface area contributed by atoms with Crippen LogP contribution in [0.4, 0.5) is 0 Å². The van der Waals surface area contributed by atoms with Crippen molar-refractivity contribution in [1.82, 2.24) is 19.5 Å². The Bertz CT molecular complexity index is 2670. The lowest BCUT2D eigenvalue weighted by Crippen LogP contribution is -2.02. The molecule has 0 saturated carbocycles. The van der Waals surface area contributed by atoms with E-state index in [0.29, 0.717) is 5.95 Å². The van der Waals surface area contributed by atoms with Crippen LogP contribution in [0.25, 0.3) is 83.2 Å². The number of hydrogen-bond donors (Lipinski definition) is 0. The van der Waals surface area contributed by atoms with Gasteiger partial charge in [-0.2, -0.15) is 0 Å². The number of nitrogens with zero attached hydrogens (tertiary/aromatic N) is 4. The topological polar surface area (TPSA) is 43.6 Å². The van der Waals surface area contributed by atoms with Crippen molar-refractivity contribution in [3.63, 3.8) is 0 Å². The largest absolute Gasteiger partial charge is 0.277 e. The summed E-state index contributed by atoms with van der Waals surface area (Å²) in [6.07, 6.45) is 5.71. The van der Waals surface area contributed by atoms with Gasteiger partial charge in [0, 0.05) is 51.4 Å². The molecule has 3 heterocycles. The summed E-state index contributed by atoms with van der Waals surface area (Å²) in [5.41, 5.74) is 13.4. The first-order valence-corrected chi connectivity index (χ1v) is 16.6. The Balaban J connectivity index is 1.20. The molecule has 0 aliphatic heterocycles. The summed E-state index contributed by atoms with van der Waals surface area (Å²) in [5, 5.41) is 4.72. The van der Waals surface area contributed by atoms with E-state index >= 15 is 0 Å². The van der Waals surface area contributed by atoms with Gasteiger partial charge in [-0.3, -0.25) is 9.55 Å². The highest BCUT2D eigenvalue weighted by atomic mass is 15.2. The highest BCUT2D eigenvalue weighted by Crippen LogP contribution is 2.38. The van der Waals surface area contributed by atoms with Crippen LogP contribution in [-0.4, -0.2) is 19.5 Å². The standard InChI is InChI=1S/C45H32N4/c1-29-21-30(2)23-36(22-29)34-16-18-43-41(26-34)40-17-15-32-11-6-7-14-39(32)44(40)49(43)45-47-20-19-42(48-45)35-13-8-12-33(24-35)38-25-37(27-46-28-38)31-9-4-3-5-10-31/h3-28H,1-2H3. The average Bonchev–Trinajstić information content (AvgIpc) is 3.49. The van der Waals surface area contributed by atoms with Crippen molar-refractivity contribution < 1.29 is 0 Å². The van der Waals surface area contributed by atoms with Crippen LogP contribution in [0.2, 0.25) is 0 Å². The second kappa shape index (κ2) is 11.7. The molecule has 0 fully saturated rings. The minimum absolute atomic E-state index is 0.645. The molecule has 0 radical (unpaired) electrons. The van der Waals surface area contributed by atoms with Gasteiger partial charge in [0.2, 0.25) is 5.95 Å². The van der Waals surface area contributed by atoms with Crippen LogP contribution in [0.5, 0.6) is 0 Å². The molecule has 0 saturated heterocycles. The molecule has 6 aromatic carbocycles. The molecule has 0 aliphatic rings. The summed E-state index contributed by atoms with van der Waals surface area (Å²) in [4.78, 5) is 14.7. The molecule has 9 rings (SSSR count). The van der Waals surface area contributed by atoms with Gasteiger partial charge < -0.3 is 0 Å². The van der Waals surface area contributed by atoms with E-state index in [0.717, 1.165) is 44.5 Å². The first-order valence-electron chi connectivity index (χ1n) is 16.6. The van der Waals surface area contributed by atoms with Crippen LogP contribution >= 0.6 is 0 Å². The summed E-state index contributed by atoms with van der Waals surface area (Å²) in [6.45, 7) is 4.32. The van der Waals surface area contributed by atoms with E-state index in [4.69, 9.17) is 9.97 Å². The van der Waals surface area contributed by atoms with Crippen LogP contribution in [0.15, 0.2) is 158 Å². The highest BCUT2D eigenvalue weighted by molar-refractivity contribution is 6.19. The summed E-state index contributed by atoms with van der Waals surface area (Å²) < 4.78 is 2.23. The molecule has 0 N–H and O–H groups in total. The number of hydrogen-bond acceptors (Lipinski definition) is 3. The van der Waals surface area contributed by atoms with Gasteiger partial charge >= 0.3 is 0 Å². The van der Waals surface area contributed by atoms with Crippen molar-refractivity contribution in [1.29, 1.82) is 0 Å². The molecule has 49 heavy (non-hydrogen) atoms. The summed E-state index contributed by atoms with van der Waals surface area (Å²) in [5.74, 6) is 0.645. The SMILES string of the molecule is Cc1cc(C)cc(-c2ccc3c(c2)c2ccc4ccccc4c2n3-c2nccc(-c3cccc(-c4cncc(-c5ccccc5)c4)c3)n2)c1. The van der Waals surface area contributed by atoms with Crippen LogP contribution in [-0.2, 0) is 0 Å². The van der Waals surface area contributed by atoms with E-state index in [1.165, 1.54) is 43.8 Å². The van der Waals surface area contributed by atoms with E-state index in [-0.39, 0.29) is 0 Å². The Morgan fingerprint density at radius 3 is 2.04 bits per heavy atom. The zero-order valence-electron chi connectivity index (χ0n) is 27.3. The first kappa shape index (κ1) is 28.8. The fourth-order valence-corrected chi connectivity index (χ4v) is 7.17. The Labute approximate surface area is 285 Å². The molecule has 0 aliphatic carbocycles. The predicted molar refractivity (Wildman–Crippen MR) is 203 cm³/mol. The van der Waals surface area contributed by atoms with Crippen molar-refractivity contribution in [2.45, 2.75) is 13.8 Å². The molecule has 3 aromatic heterocycles. The van der Waals surface area contributed by atoms with E-state index in [9.17, 15) is 0 Å². The van der Waals surface area contributed by atoms with Crippen molar-refractivity contribution >= 4 is 32.6 Å². The van der Waals surface area contributed by atoms with Crippen LogP contribution in [0, 0.1) is 13.8 Å². The molecular weight excluding hydrogens is 597 g/mol. The number of fused-ring (bicyclic) bond motifs is 5. The van der Waals surface area contributed by atoms with Gasteiger partial charge in [0.05, 0.1) is 16.7 Å². The Morgan fingerprint density at radius 1 is 0.469 bits per heavy atom. The molecule has 4 heteroatoms. The lowest BCUT2D eigenvalue weighted by atomic mass is 9.98. The van der Waals surface area contributed by atoms with Gasteiger partial charge in [0.25, 0.3) is 0 Å². The molecular formula is C45H32N4. The fourth-order valence-electron chi connectivity index (χ4n) is 7.17. The number of pyridine rings is 1. The van der Waals surface area contributed by atoms with Crippen molar-refractivity contribution in [3.05, 3.63) is 169 Å². The monoisotopic (exact) mass is 628 g/mol. The normalized spacial score (nSPS) is 11.5. The number of benzene rings is 6. The van der Waals surface area contributed by atoms with Crippen LogP contribution in [0.3, 0.4) is 0 Å². The zero-order chi connectivity index (χ0) is 32.9. The maximum atomic E-state index is 5.23. The number of aryl methyl sites for hydroxylation is 2. The van der Waals surface area contributed by atoms with Crippen molar-refractivity contribution in [2.75, 3.05) is 0 Å². The lowest BCUT2D eigenvalue weighted by Gasteiger charge is -2.11. The van der Waals surface area contributed by atoms with Crippen molar-refractivity contribution in [3.8, 4) is 50.6 Å². The maximum absolute atomic E-state index is 5.23. The Morgan fingerprint density at radius 2 is 1.18 bits per heavy atom. The molecule has 0 bridgehead atoms. The van der Waals surface area contributed by atoms with Gasteiger partial charge in [-0.15, -0.1) is 0 Å². The van der Waals surface area contributed by atoms with Crippen LogP contribution in [0.1, 0.15) is 11.1 Å². The third-order valence-electron chi connectivity index (χ3n) is 9.39. The fraction of sp³-hybridized carbons (Fsp3) is 0.0444. The third-order valence-corrected chi connectivity index (χ3v) is 9.39. The molecule has 4 nitrogen and oxygen atoms in total. The Kier molecular flexibility index (Phi) is 6.87. The molecule has 9 aromatic rings. The first-order chi connectivity index (χ1) is 24.1. The van der Waals surface area contributed by atoms with Crippen molar-refractivity contribution in [2.24, 2.45) is 0 Å². The zero-order valence-corrected chi connectivity index (χ0v) is 27.3. The summed E-state index contributed by atoms with van der Waals surface area (Å²) in [7, 11) is 0. The van der Waals surface area contributed by atoms with Crippen LogP contribution < -0.4 is 0 Å². The second-order valence-electron chi connectivity index (χ2n) is 12.8. The molecule has 0 atom stereocenters. The molecule has 232 valence electrons. The van der Waals surface area contributed by atoms with Gasteiger partial charge in [-0.1, -0.05) is 120 Å². The maximum Gasteiger partial charge on any atom is 0.235 e. The molecule has 0 unspecified atom stereocenters. The minimum atomic E-state index is 0.645. The van der Waals surface area contributed by atoms with Gasteiger partial charge in [0.15, 0.2) is 0 Å². The molecule has 0 amide bonds. The third kappa shape index (κ3) is 5.15. The summed E-state index contributed by atoms with van der Waals surface area (Å²) in [6, 6.07) is 49.6. The van der Waals surface area contributed by atoms with Gasteiger partial charge in [-0.05, 0) is 71.8 Å². The highest BCUT2D eigenvalue weighted by Gasteiger charge is 2.18. The Hall–Kier alpha value is -6.39. The van der Waals surface area contributed by atoms with E-state index in [1.807, 2.05) is 30.7 Å². The average molecular weight is 629 g/mol. The number of rotatable bonds is 5. The van der Waals surface area contributed by atoms with E-state index in [2.05, 4.69) is 151 Å². The second-order valence-corrected chi connectivity index (χ2v) is 12.8. The minimum Gasteiger partial charge on any atom is -0.277 e. The van der Waals surface area contributed by atoms with E-state index < -0.39 is 0 Å². The number of aromatic nitrogens is 4. The van der Waals surface area contributed by atoms with E-state index in [1.54, 1.807) is 0 Å². The van der Waals surface area contributed by atoms with Gasteiger partial charge in [-0.25, -0.2) is 9.97 Å². The quantitative estimate of drug-likeness (QED) is 0.190. The smallest absolute Gasteiger partial charge is 0.235 e. The lowest BCUT2D eigenvalue weighted by molar-refractivity contribution is 0.994. The van der Waals surface area contributed by atoms with Gasteiger partial charge in [0.1, 0.15) is 0 Å². The summed E-state index contributed by atoms with van der Waals surface area (Å²) >= 11 is 0. The molecule has 0 spiro atoms. The predicted octanol–water partition coefficient (Wildman–Crippen LogP) is 11.4.